The lowest BCUT2D eigenvalue weighted by Crippen LogP contribution is -2.14. The second-order valence-corrected chi connectivity index (χ2v) is 7.93. The molecule has 0 amide bonds. The highest BCUT2D eigenvalue weighted by atomic mass is 79.9. The number of rotatable bonds is 3. The molecule has 27 heavy (non-hydrogen) atoms. The van der Waals surface area contributed by atoms with Gasteiger partial charge in [0, 0.05) is 20.2 Å². The number of aliphatic imine (C=N–C) groups is 1. The van der Waals surface area contributed by atoms with Crippen molar-refractivity contribution in [3.63, 3.8) is 0 Å². The first-order valence-electron chi connectivity index (χ1n) is 8.54. The van der Waals surface area contributed by atoms with Crippen LogP contribution in [0.1, 0.15) is 5.56 Å². The predicted octanol–water partition coefficient (Wildman–Crippen LogP) is 7.56. The highest BCUT2D eigenvalue weighted by Crippen LogP contribution is 2.24. The standard InChI is InChI=1S/C23H16Br2N2/c24-17-8-12-19(13-9-17)26-23(27-20-14-10-18(25)11-15-20)22-7-3-5-16-4-1-2-6-21(16)22/h1-15H,(H,26,27). The lowest BCUT2D eigenvalue weighted by molar-refractivity contribution is 1.46. The number of benzene rings is 4. The van der Waals surface area contributed by atoms with E-state index in [1.54, 1.807) is 0 Å². The number of nitrogens with one attached hydrogen (secondary N) is 1. The van der Waals surface area contributed by atoms with Crippen LogP contribution in [0.4, 0.5) is 11.4 Å². The Morgan fingerprint density at radius 1 is 0.667 bits per heavy atom. The van der Waals surface area contributed by atoms with E-state index < -0.39 is 0 Å². The van der Waals surface area contributed by atoms with E-state index >= 15 is 0 Å². The van der Waals surface area contributed by atoms with Crippen LogP contribution in [-0.4, -0.2) is 5.84 Å². The predicted molar refractivity (Wildman–Crippen MR) is 122 cm³/mol. The zero-order chi connectivity index (χ0) is 18.6. The van der Waals surface area contributed by atoms with Gasteiger partial charge >= 0.3 is 0 Å². The highest BCUT2D eigenvalue weighted by Gasteiger charge is 2.09. The van der Waals surface area contributed by atoms with Crippen LogP contribution in [0.5, 0.6) is 0 Å². The summed E-state index contributed by atoms with van der Waals surface area (Å²) >= 11 is 6.97. The largest absolute Gasteiger partial charge is 0.340 e. The fraction of sp³-hybridized carbons (Fsp3) is 0. The maximum absolute atomic E-state index is 4.91. The molecule has 0 aliphatic rings. The van der Waals surface area contributed by atoms with Crippen molar-refractivity contribution in [2.24, 2.45) is 4.99 Å². The summed E-state index contributed by atoms with van der Waals surface area (Å²) in [4.78, 5) is 4.91. The minimum atomic E-state index is 0.816. The van der Waals surface area contributed by atoms with Crippen LogP contribution in [0.25, 0.3) is 10.8 Å². The van der Waals surface area contributed by atoms with Crippen molar-refractivity contribution in [3.8, 4) is 0 Å². The van der Waals surface area contributed by atoms with Crippen LogP contribution in [-0.2, 0) is 0 Å². The minimum Gasteiger partial charge on any atom is -0.340 e. The SMILES string of the molecule is Brc1ccc(N=C(Nc2ccc(Br)cc2)c2cccc3ccccc23)cc1. The van der Waals surface area contributed by atoms with Gasteiger partial charge in [-0.2, -0.15) is 0 Å². The van der Waals surface area contributed by atoms with Gasteiger partial charge in [-0.15, -0.1) is 0 Å². The summed E-state index contributed by atoms with van der Waals surface area (Å²) in [7, 11) is 0. The Bertz CT molecular complexity index is 1100. The molecule has 0 fully saturated rings. The van der Waals surface area contributed by atoms with Gasteiger partial charge in [0.2, 0.25) is 0 Å². The lowest BCUT2D eigenvalue weighted by Gasteiger charge is -2.13. The third kappa shape index (κ3) is 4.29. The van der Waals surface area contributed by atoms with E-state index in [9.17, 15) is 0 Å². The van der Waals surface area contributed by atoms with Gasteiger partial charge in [-0.1, -0.05) is 74.3 Å². The molecule has 0 bridgehead atoms. The molecule has 132 valence electrons. The number of hydrogen-bond acceptors (Lipinski definition) is 1. The molecule has 4 heteroatoms. The maximum Gasteiger partial charge on any atom is 0.138 e. The van der Waals surface area contributed by atoms with Gasteiger partial charge < -0.3 is 5.32 Å². The first kappa shape index (κ1) is 18.0. The van der Waals surface area contributed by atoms with Crippen molar-refractivity contribution in [1.82, 2.24) is 0 Å². The third-order valence-corrected chi connectivity index (χ3v) is 5.28. The molecule has 0 heterocycles. The van der Waals surface area contributed by atoms with Crippen LogP contribution in [0.15, 0.2) is 105 Å². The summed E-state index contributed by atoms with van der Waals surface area (Å²) in [6.07, 6.45) is 0. The fourth-order valence-electron chi connectivity index (χ4n) is 2.90. The van der Waals surface area contributed by atoms with Gasteiger partial charge in [0.15, 0.2) is 0 Å². The normalized spacial score (nSPS) is 11.6. The van der Waals surface area contributed by atoms with E-state index in [2.05, 4.69) is 79.6 Å². The molecule has 0 spiro atoms. The first-order chi connectivity index (χ1) is 13.2. The van der Waals surface area contributed by atoms with Gasteiger partial charge in [-0.25, -0.2) is 4.99 Å². The van der Waals surface area contributed by atoms with Crippen LogP contribution in [0.3, 0.4) is 0 Å². The van der Waals surface area contributed by atoms with Crippen molar-refractivity contribution in [2.45, 2.75) is 0 Å². The Labute approximate surface area is 175 Å². The number of hydrogen-bond donors (Lipinski definition) is 1. The summed E-state index contributed by atoms with van der Waals surface area (Å²) in [5.41, 5.74) is 2.95. The molecule has 4 aromatic carbocycles. The molecule has 0 radical (unpaired) electrons. The Morgan fingerprint density at radius 3 is 2.04 bits per heavy atom. The maximum atomic E-state index is 4.91. The molecule has 0 aromatic heterocycles. The van der Waals surface area contributed by atoms with Gasteiger partial charge in [0.25, 0.3) is 0 Å². The molecule has 1 N–H and O–H groups in total. The van der Waals surface area contributed by atoms with Crippen molar-refractivity contribution in [1.29, 1.82) is 0 Å². The monoisotopic (exact) mass is 478 g/mol. The van der Waals surface area contributed by atoms with Gasteiger partial charge in [-0.3, -0.25) is 0 Å². The second kappa shape index (κ2) is 8.07. The Morgan fingerprint density at radius 2 is 1.30 bits per heavy atom. The lowest BCUT2D eigenvalue weighted by atomic mass is 10.0. The van der Waals surface area contributed by atoms with Crippen LogP contribution >= 0.6 is 31.9 Å². The minimum absolute atomic E-state index is 0.816. The Hall–Kier alpha value is -2.43. The highest BCUT2D eigenvalue weighted by molar-refractivity contribution is 9.10. The molecule has 0 unspecified atom stereocenters. The van der Waals surface area contributed by atoms with Crippen molar-refractivity contribution in [2.75, 3.05) is 5.32 Å². The molecule has 0 atom stereocenters. The smallest absolute Gasteiger partial charge is 0.138 e. The van der Waals surface area contributed by atoms with Gasteiger partial charge in [-0.05, 0) is 59.3 Å². The molecule has 0 aliphatic heterocycles. The van der Waals surface area contributed by atoms with E-state index in [4.69, 9.17) is 4.99 Å². The van der Waals surface area contributed by atoms with E-state index in [0.29, 0.717) is 0 Å². The number of anilines is 1. The molecule has 0 saturated carbocycles. The summed E-state index contributed by atoms with van der Waals surface area (Å²) in [6.45, 7) is 0. The molecule has 4 rings (SSSR count). The quantitative estimate of drug-likeness (QED) is 0.238. The van der Waals surface area contributed by atoms with Crippen LogP contribution in [0, 0.1) is 0 Å². The topological polar surface area (TPSA) is 24.4 Å². The molecule has 4 aromatic rings. The molecule has 0 aliphatic carbocycles. The average Bonchev–Trinajstić information content (AvgIpc) is 2.70. The second-order valence-electron chi connectivity index (χ2n) is 6.10. The van der Waals surface area contributed by atoms with E-state index in [1.807, 2.05) is 48.5 Å². The summed E-state index contributed by atoms with van der Waals surface area (Å²) < 4.78 is 2.08. The first-order valence-corrected chi connectivity index (χ1v) is 10.1. The molecular weight excluding hydrogens is 464 g/mol. The Balaban J connectivity index is 1.84. The van der Waals surface area contributed by atoms with E-state index in [-0.39, 0.29) is 0 Å². The molecular formula is C23H16Br2N2. The van der Waals surface area contributed by atoms with Crippen molar-refractivity contribution >= 4 is 59.8 Å². The van der Waals surface area contributed by atoms with Crippen LogP contribution < -0.4 is 5.32 Å². The molecule has 0 saturated heterocycles. The third-order valence-electron chi connectivity index (χ3n) is 4.22. The number of fused-ring (bicyclic) bond motifs is 1. The van der Waals surface area contributed by atoms with Crippen LogP contribution in [0.2, 0.25) is 0 Å². The van der Waals surface area contributed by atoms with Crippen molar-refractivity contribution < 1.29 is 0 Å². The molecule has 2 nitrogen and oxygen atoms in total. The number of amidine groups is 1. The van der Waals surface area contributed by atoms with Gasteiger partial charge in [0.05, 0.1) is 5.69 Å². The average molecular weight is 480 g/mol. The fourth-order valence-corrected chi connectivity index (χ4v) is 3.43. The zero-order valence-electron chi connectivity index (χ0n) is 14.4. The van der Waals surface area contributed by atoms with Crippen molar-refractivity contribution in [3.05, 3.63) is 106 Å². The zero-order valence-corrected chi connectivity index (χ0v) is 17.5. The number of halogens is 2. The number of nitrogens with zero attached hydrogens (tertiary/aromatic N) is 1. The van der Waals surface area contributed by atoms with E-state index in [1.165, 1.54) is 10.8 Å². The summed E-state index contributed by atoms with van der Waals surface area (Å²) in [5, 5.41) is 5.85. The van der Waals surface area contributed by atoms with E-state index in [0.717, 1.165) is 31.7 Å². The Kier molecular flexibility index (Phi) is 5.37. The summed E-state index contributed by atoms with van der Waals surface area (Å²) in [5.74, 6) is 0.816. The van der Waals surface area contributed by atoms with Gasteiger partial charge in [0.1, 0.15) is 5.84 Å². The summed E-state index contributed by atoms with van der Waals surface area (Å²) in [6, 6.07) is 30.8.